The van der Waals surface area contributed by atoms with Gasteiger partial charge in [0.2, 0.25) is 10.0 Å². The summed E-state index contributed by atoms with van der Waals surface area (Å²) in [6.07, 6.45) is 1.49. The van der Waals surface area contributed by atoms with Crippen molar-refractivity contribution in [3.05, 3.63) is 28.3 Å². The van der Waals surface area contributed by atoms with Crippen LogP contribution in [0.15, 0.2) is 23.1 Å². The first-order valence-electron chi connectivity index (χ1n) is 5.86. The summed E-state index contributed by atoms with van der Waals surface area (Å²) in [6.45, 7) is 2.02. The zero-order valence-corrected chi connectivity index (χ0v) is 11.2. The van der Waals surface area contributed by atoms with Crippen molar-refractivity contribution in [2.75, 3.05) is 5.73 Å². The summed E-state index contributed by atoms with van der Waals surface area (Å²) in [5.41, 5.74) is 5.22. The Bertz CT molecular complexity index is 608. The maximum atomic E-state index is 12.1. The Kier molecular flexibility index (Phi) is 3.46. The number of benzene rings is 1. The topological polar surface area (TPSA) is 115 Å². The molecule has 2 rings (SSSR count). The molecule has 1 aliphatic rings. The van der Waals surface area contributed by atoms with Gasteiger partial charge in [-0.15, -0.1) is 0 Å². The summed E-state index contributed by atoms with van der Waals surface area (Å²) in [4.78, 5) is 9.77. The SMILES string of the molecule is CC1CC(NS(=O)(=O)c2cc(N)ccc2[N+](=O)[O-])C1. The number of hydrogen-bond donors (Lipinski definition) is 2. The van der Waals surface area contributed by atoms with Crippen LogP contribution >= 0.6 is 0 Å². The molecule has 0 saturated heterocycles. The molecule has 1 aromatic carbocycles. The number of nitrogens with two attached hydrogens (primary N) is 1. The second kappa shape index (κ2) is 4.78. The highest BCUT2D eigenvalue weighted by Gasteiger charge is 2.33. The molecule has 19 heavy (non-hydrogen) atoms. The lowest BCUT2D eigenvalue weighted by atomic mass is 9.83. The van der Waals surface area contributed by atoms with Crippen molar-refractivity contribution in [3.8, 4) is 0 Å². The average molecular weight is 285 g/mol. The highest BCUT2D eigenvalue weighted by molar-refractivity contribution is 7.89. The van der Waals surface area contributed by atoms with Gasteiger partial charge in [-0.1, -0.05) is 6.92 Å². The molecule has 0 amide bonds. The standard InChI is InChI=1S/C11H15N3O4S/c1-7-4-9(5-7)13-19(17,18)11-6-8(12)2-3-10(11)14(15)16/h2-3,6-7,9,13H,4-5,12H2,1H3. The number of nitro benzene ring substituents is 1. The van der Waals surface area contributed by atoms with Crippen LogP contribution < -0.4 is 10.5 Å². The number of nitro groups is 1. The van der Waals surface area contributed by atoms with E-state index in [4.69, 9.17) is 5.73 Å². The predicted octanol–water partition coefficient (Wildman–Crippen LogP) is 1.25. The fraction of sp³-hybridized carbons (Fsp3) is 0.455. The molecule has 1 saturated carbocycles. The van der Waals surface area contributed by atoms with Gasteiger partial charge in [0.25, 0.3) is 5.69 Å². The predicted molar refractivity (Wildman–Crippen MR) is 70.0 cm³/mol. The van der Waals surface area contributed by atoms with Gasteiger partial charge in [-0.2, -0.15) is 0 Å². The van der Waals surface area contributed by atoms with Crippen molar-refractivity contribution < 1.29 is 13.3 Å². The minimum absolute atomic E-state index is 0.152. The molecule has 1 aliphatic carbocycles. The largest absolute Gasteiger partial charge is 0.399 e. The maximum absolute atomic E-state index is 12.1. The van der Waals surface area contributed by atoms with Crippen molar-refractivity contribution >= 4 is 21.4 Å². The molecule has 0 spiro atoms. The second-order valence-electron chi connectivity index (χ2n) is 4.88. The molecule has 8 heteroatoms. The van der Waals surface area contributed by atoms with Gasteiger partial charge in [-0.05, 0) is 30.9 Å². The van der Waals surface area contributed by atoms with Gasteiger partial charge in [-0.3, -0.25) is 10.1 Å². The number of nitrogen functional groups attached to an aromatic ring is 1. The Morgan fingerprint density at radius 1 is 1.42 bits per heavy atom. The Balaban J connectivity index is 2.33. The molecule has 0 aromatic heterocycles. The number of nitrogens with one attached hydrogen (secondary N) is 1. The van der Waals surface area contributed by atoms with Gasteiger partial charge in [0.05, 0.1) is 4.92 Å². The third-order valence-electron chi connectivity index (χ3n) is 3.17. The summed E-state index contributed by atoms with van der Waals surface area (Å²) >= 11 is 0. The van der Waals surface area contributed by atoms with Crippen molar-refractivity contribution in [2.45, 2.75) is 30.7 Å². The van der Waals surface area contributed by atoms with E-state index in [-0.39, 0.29) is 16.6 Å². The Labute approximate surface area is 111 Å². The lowest BCUT2D eigenvalue weighted by Gasteiger charge is -2.32. The van der Waals surface area contributed by atoms with E-state index in [1.54, 1.807) is 0 Å². The van der Waals surface area contributed by atoms with E-state index in [0.29, 0.717) is 5.92 Å². The van der Waals surface area contributed by atoms with Gasteiger partial charge in [0, 0.05) is 17.8 Å². The van der Waals surface area contributed by atoms with Crippen LogP contribution in [0.2, 0.25) is 0 Å². The third-order valence-corrected chi connectivity index (χ3v) is 4.72. The molecule has 0 unspecified atom stereocenters. The van der Waals surface area contributed by atoms with E-state index in [1.165, 1.54) is 6.07 Å². The summed E-state index contributed by atoms with van der Waals surface area (Å²) in [5, 5.41) is 10.9. The molecule has 1 aromatic rings. The quantitative estimate of drug-likeness (QED) is 0.491. The zero-order valence-electron chi connectivity index (χ0n) is 10.4. The van der Waals surface area contributed by atoms with Crippen molar-refractivity contribution in [3.63, 3.8) is 0 Å². The van der Waals surface area contributed by atoms with Gasteiger partial charge >= 0.3 is 0 Å². The smallest absolute Gasteiger partial charge is 0.289 e. The van der Waals surface area contributed by atoms with Crippen molar-refractivity contribution in [1.29, 1.82) is 0 Å². The van der Waals surface area contributed by atoms with Crippen LogP contribution in [0.1, 0.15) is 19.8 Å². The first-order chi connectivity index (χ1) is 8.79. The first kappa shape index (κ1) is 13.8. The summed E-state index contributed by atoms with van der Waals surface area (Å²) in [6, 6.07) is 3.37. The molecule has 0 heterocycles. The average Bonchev–Trinajstić information content (AvgIpc) is 2.26. The van der Waals surface area contributed by atoms with Crippen LogP contribution in [0.25, 0.3) is 0 Å². The van der Waals surface area contributed by atoms with Crippen LogP contribution in [0.5, 0.6) is 0 Å². The van der Waals surface area contributed by atoms with Gasteiger partial charge in [0.1, 0.15) is 0 Å². The van der Waals surface area contributed by atoms with E-state index < -0.39 is 20.6 Å². The minimum Gasteiger partial charge on any atom is -0.399 e. The number of sulfonamides is 1. The molecule has 1 fully saturated rings. The van der Waals surface area contributed by atoms with Crippen LogP contribution in [-0.4, -0.2) is 19.4 Å². The molecule has 0 radical (unpaired) electrons. The lowest BCUT2D eigenvalue weighted by Crippen LogP contribution is -2.43. The third kappa shape index (κ3) is 2.85. The van der Waals surface area contributed by atoms with Crippen molar-refractivity contribution in [2.24, 2.45) is 5.92 Å². The molecule has 104 valence electrons. The molecule has 0 atom stereocenters. The van der Waals surface area contributed by atoms with E-state index >= 15 is 0 Å². The van der Waals surface area contributed by atoms with E-state index in [0.717, 1.165) is 25.0 Å². The lowest BCUT2D eigenvalue weighted by molar-refractivity contribution is -0.387. The van der Waals surface area contributed by atoms with E-state index in [2.05, 4.69) is 4.72 Å². The number of anilines is 1. The Morgan fingerprint density at radius 3 is 2.58 bits per heavy atom. The van der Waals surface area contributed by atoms with Crippen LogP contribution in [0.4, 0.5) is 11.4 Å². The Hall–Kier alpha value is -1.67. The van der Waals surface area contributed by atoms with E-state index in [1.807, 2.05) is 6.92 Å². The van der Waals surface area contributed by atoms with E-state index in [9.17, 15) is 18.5 Å². The number of rotatable bonds is 4. The van der Waals surface area contributed by atoms with Gasteiger partial charge in [0.15, 0.2) is 4.90 Å². The fourth-order valence-electron chi connectivity index (χ4n) is 2.18. The molecular weight excluding hydrogens is 270 g/mol. The van der Waals surface area contributed by atoms with Gasteiger partial charge in [-0.25, -0.2) is 13.1 Å². The molecule has 7 nitrogen and oxygen atoms in total. The van der Waals surface area contributed by atoms with Gasteiger partial charge < -0.3 is 5.73 Å². The monoisotopic (exact) mass is 285 g/mol. The van der Waals surface area contributed by atoms with Crippen LogP contribution in [0, 0.1) is 16.0 Å². The number of nitrogens with zero attached hydrogens (tertiary/aromatic N) is 1. The Morgan fingerprint density at radius 2 is 2.05 bits per heavy atom. The summed E-state index contributed by atoms with van der Waals surface area (Å²) in [7, 11) is -3.91. The highest BCUT2D eigenvalue weighted by atomic mass is 32.2. The maximum Gasteiger partial charge on any atom is 0.289 e. The molecule has 0 bridgehead atoms. The summed E-state index contributed by atoms with van der Waals surface area (Å²) in [5.74, 6) is 0.475. The highest BCUT2D eigenvalue weighted by Crippen LogP contribution is 2.30. The molecule has 0 aliphatic heterocycles. The zero-order chi connectivity index (χ0) is 14.2. The summed E-state index contributed by atoms with van der Waals surface area (Å²) < 4.78 is 26.8. The van der Waals surface area contributed by atoms with Crippen molar-refractivity contribution in [1.82, 2.24) is 4.72 Å². The number of hydrogen-bond acceptors (Lipinski definition) is 5. The normalized spacial score (nSPS) is 22.8. The minimum atomic E-state index is -3.91. The van der Waals surface area contributed by atoms with Crippen LogP contribution in [-0.2, 0) is 10.0 Å². The first-order valence-corrected chi connectivity index (χ1v) is 7.34. The second-order valence-corrected chi connectivity index (χ2v) is 6.56. The molecular formula is C11H15N3O4S. The molecule has 3 N–H and O–H groups in total. The van der Waals surface area contributed by atoms with Crippen LogP contribution in [0.3, 0.4) is 0 Å². The fourth-order valence-corrected chi connectivity index (χ4v) is 3.65.